The molecule has 0 aliphatic carbocycles. The van der Waals surface area contributed by atoms with Crippen LogP contribution in [0.15, 0.2) is 18.2 Å². The number of likely N-dealkylation sites (N-methyl/N-ethyl adjacent to an activating group) is 1. The van der Waals surface area contributed by atoms with Gasteiger partial charge in [-0.25, -0.2) is 0 Å². The maximum absolute atomic E-state index is 5.75. The maximum atomic E-state index is 5.75. The van der Waals surface area contributed by atoms with Crippen molar-refractivity contribution in [2.24, 2.45) is 0 Å². The standard InChI is InChI=1S/C17H29NO3/c1-6-18-15(17(20-7-2)21-8-3)12-14-11-13(4)9-10-16(14)19-5/h9-11,15,17-18H,6-8,12H2,1-5H3. The van der Waals surface area contributed by atoms with E-state index in [2.05, 4.69) is 31.3 Å². The molecule has 120 valence electrons. The van der Waals surface area contributed by atoms with Gasteiger partial charge in [0.2, 0.25) is 0 Å². The van der Waals surface area contributed by atoms with Crippen LogP contribution in [0.25, 0.3) is 0 Å². The molecular formula is C17H29NO3. The molecule has 1 aromatic carbocycles. The maximum Gasteiger partial charge on any atom is 0.172 e. The molecule has 21 heavy (non-hydrogen) atoms. The molecule has 1 N–H and O–H groups in total. The Bertz CT molecular complexity index is 403. The molecule has 1 unspecified atom stereocenters. The lowest BCUT2D eigenvalue weighted by Gasteiger charge is -2.28. The molecule has 0 aromatic heterocycles. The highest BCUT2D eigenvalue weighted by molar-refractivity contribution is 5.37. The molecule has 0 fully saturated rings. The summed E-state index contributed by atoms with van der Waals surface area (Å²) in [7, 11) is 1.71. The predicted molar refractivity (Wildman–Crippen MR) is 85.9 cm³/mol. The number of aryl methyl sites for hydroxylation is 1. The van der Waals surface area contributed by atoms with Gasteiger partial charge < -0.3 is 19.5 Å². The van der Waals surface area contributed by atoms with Gasteiger partial charge in [0.15, 0.2) is 6.29 Å². The highest BCUT2D eigenvalue weighted by Crippen LogP contribution is 2.22. The first-order valence-electron chi connectivity index (χ1n) is 7.76. The molecule has 0 aliphatic heterocycles. The fourth-order valence-electron chi connectivity index (χ4n) is 2.44. The molecule has 0 saturated carbocycles. The van der Waals surface area contributed by atoms with Crippen LogP contribution in [0.4, 0.5) is 0 Å². The van der Waals surface area contributed by atoms with Crippen molar-refractivity contribution in [3.8, 4) is 5.75 Å². The number of methoxy groups -OCH3 is 1. The van der Waals surface area contributed by atoms with Crippen molar-refractivity contribution in [1.29, 1.82) is 0 Å². The summed E-state index contributed by atoms with van der Waals surface area (Å²) in [6.07, 6.45) is 0.564. The van der Waals surface area contributed by atoms with Crippen LogP contribution >= 0.6 is 0 Å². The van der Waals surface area contributed by atoms with Crippen LogP contribution in [0, 0.1) is 6.92 Å². The Hall–Kier alpha value is -1.10. The molecule has 0 amide bonds. The molecule has 0 heterocycles. The molecule has 1 atom stereocenters. The average molecular weight is 295 g/mol. The lowest BCUT2D eigenvalue weighted by molar-refractivity contribution is -0.153. The van der Waals surface area contributed by atoms with Crippen LogP contribution in [0.5, 0.6) is 5.75 Å². The van der Waals surface area contributed by atoms with Crippen molar-refractivity contribution in [2.45, 2.75) is 46.4 Å². The molecule has 0 aliphatic rings. The van der Waals surface area contributed by atoms with E-state index < -0.39 is 0 Å². The first-order valence-corrected chi connectivity index (χ1v) is 7.76. The van der Waals surface area contributed by atoms with E-state index in [4.69, 9.17) is 14.2 Å². The minimum Gasteiger partial charge on any atom is -0.496 e. The SMILES string of the molecule is CCNC(Cc1cc(C)ccc1OC)C(OCC)OCC. The first-order chi connectivity index (χ1) is 10.2. The van der Waals surface area contributed by atoms with Gasteiger partial charge in [-0.05, 0) is 45.4 Å². The van der Waals surface area contributed by atoms with Gasteiger partial charge in [0.25, 0.3) is 0 Å². The van der Waals surface area contributed by atoms with Gasteiger partial charge in [-0.15, -0.1) is 0 Å². The smallest absolute Gasteiger partial charge is 0.172 e. The Morgan fingerprint density at radius 3 is 2.29 bits per heavy atom. The highest BCUT2D eigenvalue weighted by atomic mass is 16.7. The summed E-state index contributed by atoms with van der Waals surface area (Å²) in [6, 6.07) is 6.35. The summed E-state index contributed by atoms with van der Waals surface area (Å²) in [4.78, 5) is 0. The topological polar surface area (TPSA) is 39.7 Å². The third kappa shape index (κ3) is 5.65. The molecular weight excluding hydrogens is 266 g/mol. The Kier molecular flexibility index (Phi) is 8.35. The zero-order valence-corrected chi connectivity index (χ0v) is 13.9. The van der Waals surface area contributed by atoms with Crippen LogP contribution in [-0.2, 0) is 15.9 Å². The summed E-state index contributed by atoms with van der Waals surface area (Å²) < 4.78 is 17.0. The highest BCUT2D eigenvalue weighted by Gasteiger charge is 2.23. The van der Waals surface area contributed by atoms with Gasteiger partial charge in [-0.2, -0.15) is 0 Å². The van der Waals surface area contributed by atoms with E-state index in [1.807, 2.05) is 19.9 Å². The first kappa shape index (κ1) is 18.0. The van der Waals surface area contributed by atoms with Gasteiger partial charge in [0.05, 0.1) is 13.2 Å². The fraction of sp³-hybridized carbons (Fsp3) is 0.647. The fourth-order valence-corrected chi connectivity index (χ4v) is 2.44. The van der Waals surface area contributed by atoms with E-state index >= 15 is 0 Å². The minimum atomic E-state index is -0.245. The third-order valence-corrected chi connectivity index (χ3v) is 3.33. The van der Waals surface area contributed by atoms with E-state index in [-0.39, 0.29) is 12.3 Å². The second kappa shape index (κ2) is 9.77. The molecule has 4 heteroatoms. The van der Waals surface area contributed by atoms with E-state index in [1.165, 1.54) is 11.1 Å². The van der Waals surface area contributed by atoms with Crippen LogP contribution < -0.4 is 10.1 Å². The summed E-state index contributed by atoms with van der Waals surface area (Å²) in [5.74, 6) is 0.912. The van der Waals surface area contributed by atoms with Gasteiger partial charge in [0, 0.05) is 13.2 Å². The van der Waals surface area contributed by atoms with Crippen LogP contribution in [0.1, 0.15) is 31.9 Å². The monoisotopic (exact) mass is 295 g/mol. The third-order valence-electron chi connectivity index (χ3n) is 3.33. The minimum absolute atomic E-state index is 0.102. The lowest BCUT2D eigenvalue weighted by Crippen LogP contribution is -2.44. The van der Waals surface area contributed by atoms with E-state index in [1.54, 1.807) is 7.11 Å². The number of nitrogens with one attached hydrogen (secondary N) is 1. The van der Waals surface area contributed by atoms with Crippen LogP contribution in [-0.4, -0.2) is 39.2 Å². The van der Waals surface area contributed by atoms with Crippen molar-refractivity contribution in [3.63, 3.8) is 0 Å². The summed E-state index contributed by atoms with van der Waals surface area (Å²) in [5.41, 5.74) is 2.40. The molecule has 4 nitrogen and oxygen atoms in total. The summed E-state index contributed by atoms with van der Waals surface area (Å²) in [6.45, 7) is 10.3. The van der Waals surface area contributed by atoms with E-state index in [9.17, 15) is 0 Å². The van der Waals surface area contributed by atoms with Crippen molar-refractivity contribution >= 4 is 0 Å². The molecule has 1 rings (SSSR count). The summed E-state index contributed by atoms with van der Waals surface area (Å²) in [5, 5.41) is 3.47. The Labute approximate surface area is 128 Å². The molecule has 0 saturated heterocycles. The Morgan fingerprint density at radius 1 is 1.10 bits per heavy atom. The number of ether oxygens (including phenoxy) is 3. The largest absolute Gasteiger partial charge is 0.496 e. The second-order valence-electron chi connectivity index (χ2n) is 4.96. The zero-order chi connectivity index (χ0) is 15.7. The number of benzene rings is 1. The Balaban J connectivity index is 2.92. The zero-order valence-electron chi connectivity index (χ0n) is 13.9. The molecule has 0 radical (unpaired) electrons. The van der Waals surface area contributed by atoms with Crippen molar-refractivity contribution in [3.05, 3.63) is 29.3 Å². The lowest BCUT2D eigenvalue weighted by atomic mass is 10.0. The summed E-state index contributed by atoms with van der Waals surface area (Å²) >= 11 is 0. The van der Waals surface area contributed by atoms with Crippen molar-refractivity contribution < 1.29 is 14.2 Å². The quantitative estimate of drug-likeness (QED) is 0.674. The average Bonchev–Trinajstić information content (AvgIpc) is 2.47. The van der Waals surface area contributed by atoms with Crippen molar-refractivity contribution in [2.75, 3.05) is 26.9 Å². The van der Waals surface area contributed by atoms with Gasteiger partial charge >= 0.3 is 0 Å². The number of rotatable bonds is 10. The molecule has 1 aromatic rings. The molecule has 0 spiro atoms. The predicted octanol–water partition coefficient (Wildman–Crippen LogP) is 2.92. The van der Waals surface area contributed by atoms with Crippen LogP contribution in [0.3, 0.4) is 0 Å². The second-order valence-corrected chi connectivity index (χ2v) is 4.96. The number of hydrogen-bond acceptors (Lipinski definition) is 4. The Morgan fingerprint density at radius 2 is 1.76 bits per heavy atom. The van der Waals surface area contributed by atoms with E-state index in [0.29, 0.717) is 13.2 Å². The van der Waals surface area contributed by atoms with Gasteiger partial charge in [0.1, 0.15) is 5.75 Å². The van der Waals surface area contributed by atoms with E-state index in [0.717, 1.165) is 18.7 Å². The normalized spacial score (nSPS) is 12.7. The van der Waals surface area contributed by atoms with Gasteiger partial charge in [-0.1, -0.05) is 24.6 Å². The van der Waals surface area contributed by atoms with Crippen LogP contribution in [0.2, 0.25) is 0 Å². The molecule has 0 bridgehead atoms. The van der Waals surface area contributed by atoms with Gasteiger partial charge in [-0.3, -0.25) is 0 Å². The number of hydrogen-bond donors (Lipinski definition) is 1. The van der Waals surface area contributed by atoms with Crippen molar-refractivity contribution in [1.82, 2.24) is 5.32 Å².